The van der Waals surface area contributed by atoms with Crippen LogP contribution < -0.4 is 20.1 Å². The molecule has 0 bridgehead atoms. The van der Waals surface area contributed by atoms with Crippen LogP contribution in [-0.2, 0) is 11.2 Å². The highest BCUT2D eigenvalue weighted by Gasteiger charge is 2.26. The zero-order valence-electron chi connectivity index (χ0n) is 14.3. The first kappa shape index (κ1) is 16.9. The third-order valence-electron chi connectivity index (χ3n) is 4.63. The average Bonchev–Trinajstić information content (AvgIpc) is 3.26. The topological polar surface area (TPSA) is 79.9 Å². The van der Waals surface area contributed by atoms with E-state index in [1.54, 1.807) is 29.5 Å². The Balaban J connectivity index is 1.31. The van der Waals surface area contributed by atoms with Gasteiger partial charge in [0, 0.05) is 29.2 Å². The molecule has 3 amide bonds. The number of carbonyl (C=O) groups excluding carboxylic acids is 2. The summed E-state index contributed by atoms with van der Waals surface area (Å²) in [4.78, 5) is 27.8. The van der Waals surface area contributed by atoms with Crippen LogP contribution in [0.1, 0.15) is 23.4 Å². The van der Waals surface area contributed by atoms with Crippen LogP contribution in [0.5, 0.6) is 11.5 Å². The van der Waals surface area contributed by atoms with Crippen LogP contribution in [0.25, 0.3) is 0 Å². The van der Waals surface area contributed by atoms with Crippen molar-refractivity contribution in [2.24, 2.45) is 0 Å². The third kappa shape index (κ3) is 3.38. The second-order valence-electron chi connectivity index (χ2n) is 6.27. The van der Waals surface area contributed by atoms with E-state index < -0.39 is 6.03 Å². The van der Waals surface area contributed by atoms with Crippen molar-refractivity contribution in [2.45, 2.75) is 19.4 Å². The van der Waals surface area contributed by atoms with Gasteiger partial charge in [0.25, 0.3) is 0 Å². The van der Waals surface area contributed by atoms with E-state index in [1.165, 1.54) is 10.4 Å². The molecule has 2 aromatic rings. The van der Waals surface area contributed by atoms with E-state index in [2.05, 4.69) is 33.9 Å². The van der Waals surface area contributed by atoms with Gasteiger partial charge in [-0.15, -0.1) is 11.3 Å². The van der Waals surface area contributed by atoms with Crippen molar-refractivity contribution in [3.8, 4) is 11.5 Å². The van der Waals surface area contributed by atoms with Crippen LogP contribution in [0.3, 0.4) is 0 Å². The first-order valence-corrected chi connectivity index (χ1v) is 9.29. The number of hydrogen-bond acceptors (Lipinski definition) is 6. The van der Waals surface area contributed by atoms with Crippen molar-refractivity contribution < 1.29 is 19.1 Å². The molecule has 0 fully saturated rings. The van der Waals surface area contributed by atoms with Crippen molar-refractivity contribution >= 4 is 29.0 Å². The van der Waals surface area contributed by atoms with E-state index in [0.29, 0.717) is 17.2 Å². The molecule has 0 spiro atoms. The average molecular weight is 373 g/mol. The predicted molar refractivity (Wildman–Crippen MR) is 97.7 cm³/mol. The molecule has 0 saturated heterocycles. The number of benzene rings is 1. The molecule has 136 valence electrons. The van der Waals surface area contributed by atoms with E-state index in [4.69, 9.17) is 9.47 Å². The van der Waals surface area contributed by atoms with Crippen LogP contribution in [0, 0.1) is 0 Å². The maximum atomic E-state index is 12.2. The largest absolute Gasteiger partial charge is 0.454 e. The van der Waals surface area contributed by atoms with Crippen molar-refractivity contribution in [3.63, 3.8) is 0 Å². The Hall–Kier alpha value is -2.58. The van der Waals surface area contributed by atoms with Crippen molar-refractivity contribution in [2.75, 3.05) is 25.2 Å². The van der Waals surface area contributed by atoms with Gasteiger partial charge in [-0.05, 0) is 42.5 Å². The Labute approximate surface area is 154 Å². The molecule has 2 aliphatic rings. The number of anilines is 1. The first-order valence-electron chi connectivity index (χ1n) is 8.41. The van der Waals surface area contributed by atoms with Gasteiger partial charge in [0.2, 0.25) is 12.7 Å². The molecule has 7 nitrogen and oxygen atoms in total. The van der Waals surface area contributed by atoms with Gasteiger partial charge in [-0.2, -0.15) is 0 Å². The van der Waals surface area contributed by atoms with Gasteiger partial charge >= 0.3 is 6.03 Å². The number of ether oxygens (including phenoxy) is 2. The van der Waals surface area contributed by atoms with Crippen LogP contribution >= 0.6 is 11.3 Å². The molecule has 2 aliphatic heterocycles. The Bertz CT molecular complexity index is 851. The summed E-state index contributed by atoms with van der Waals surface area (Å²) in [5, 5.41) is 7.11. The molecule has 8 heteroatoms. The lowest BCUT2D eigenvalue weighted by atomic mass is 10.0. The number of fused-ring (bicyclic) bond motifs is 2. The lowest BCUT2D eigenvalue weighted by Gasteiger charge is -2.32. The van der Waals surface area contributed by atoms with E-state index >= 15 is 0 Å². The number of rotatable bonds is 3. The Morgan fingerprint density at radius 2 is 2.12 bits per heavy atom. The number of nitrogens with zero attached hydrogens (tertiary/aromatic N) is 1. The number of hydrogen-bond donors (Lipinski definition) is 2. The van der Waals surface area contributed by atoms with Gasteiger partial charge in [-0.1, -0.05) is 0 Å². The molecule has 0 aliphatic carbocycles. The second-order valence-corrected chi connectivity index (χ2v) is 7.27. The molecular weight excluding hydrogens is 354 g/mol. The summed E-state index contributed by atoms with van der Waals surface area (Å²) in [5.41, 5.74) is 1.81. The molecule has 4 rings (SSSR count). The smallest absolute Gasteiger partial charge is 0.325 e. The zero-order chi connectivity index (χ0) is 18.1. The fraction of sp³-hybridized carbons (Fsp3) is 0.333. The van der Waals surface area contributed by atoms with Crippen LogP contribution in [0.15, 0.2) is 29.6 Å². The summed E-state index contributed by atoms with van der Waals surface area (Å²) in [5.74, 6) is 0.885. The Morgan fingerprint density at radius 3 is 3.00 bits per heavy atom. The molecule has 1 aromatic carbocycles. The number of carbonyl (C=O) groups is 2. The second kappa shape index (κ2) is 6.97. The van der Waals surface area contributed by atoms with Crippen molar-refractivity contribution in [3.05, 3.63) is 40.1 Å². The van der Waals surface area contributed by atoms with Crippen LogP contribution in [0.2, 0.25) is 0 Å². The first-order chi connectivity index (χ1) is 12.6. The quantitative estimate of drug-likeness (QED) is 0.865. The molecule has 1 aromatic heterocycles. The van der Waals surface area contributed by atoms with E-state index in [0.717, 1.165) is 13.0 Å². The Kier molecular flexibility index (Phi) is 4.52. The maximum absolute atomic E-state index is 12.2. The minimum atomic E-state index is -0.560. The molecule has 2 N–H and O–H groups in total. The highest BCUT2D eigenvalue weighted by Crippen LogP contribution is 2.34. The Morgan fingerprint density at radius 1 is 1.27 bits per heavy atom. The lowest BCUT2D eigenvalue weighted by molar-refractivity contribution is -0.121. The summed E-state index contributed by atoms with van der Waals surface area (Å²) >= 11 is 1.76. The predicted octanol–water partition coefficient (Wildman–Crippen LogP) is 2.74. The molecule has 26 heavy (non-hydrogen) atoms. The molecular formula is C18H19N3O4S. The monoisotopic (exact) mass is 373 g/mol. The SMILES string of the molecule is CC1c2ccsc2CCN1CC(=O)NC(=O)Nc1ccc2c(c1)OCO2. The molecule has 0 saturated carbocycles. The van der Waals surface area contributed by atoms with Crippen LogP contribution in [0.4, 0.5) is 10.5 Å². The van der Waals surface area contributed by atoms with Gasteiger partial charge < -0.3 is 14.8 Å². The molecule has 0 radical (unpaired) electrons. The fourth-order valence-electron chi connectivity index (χ4n) is 3.26. The van der Waals surface area contributed by atoms with Gasteiger partial charge in [0.1, 0.15) is 0 Å². The summed E-state index contributed by atoms with van der Waals surface area (Å²) in [6, 6.07) is 6.80. The molecule has 1 unspecified atom stereocenters. The minimum Gasteiger partial charge on any atom is -0.454 e. The maximum Gasteiger partial charge on any atom is 0.325 e. The fourth-order valence-corrected chi connectivity index (χ4v) is 4.23. The van der Waals surface area contributed by atoms with Gasteiger partial charge in [0.05, 0.1) is 6.54 Å². The number of amides is 3. The number of thiophene rings is 1. The van der Waals surface area contributed by atoms with Gasteiger partial charge in [0.15, 0.2) is 11.5 Å². The van der Waals surface area contributed by atoms with E-state index in [9.17, 15) is 9.59 Å². The minimum absolute atomic E-state index is 0.170. The summed E-state index contributed by atoms with van der Waals surface area (Å²) in [6.07, 6.45) is 0.939. The summed E-state index contributed by atoms with van der Waals surface area (Å²) in [6.45, 7) is 3.25. The molecule has 1 atom stereocenters. The van der Waals surface area contributed by atoms with E-state index in [-0.39, 0.29) is 25.3 Å². The van der Waals surface area contributed by atoms with Gasteiger partial charge in [-0.25, -0.2) is 4.79 Å². The number of urea groups is 1. The highest BCUT2D eigenvalue weighted by molar-refractivity contribution is 7.10. The standard InChI is InChI=1S/C18H19N3O4S/c1-11-13-5-7-26-16(13)4-6-21(11)9-17(22)20-18(23)19-12-2-3-14-15(8-12)25-10-24-14/h2-3,5,7-8,11H,4,6,9-10H2,1H3,(H2,19,20,22,23). The zero-order valence-corrected chi connectivity index (χ0v) is 15.1. The number of imide groups is 1. The van der Waals surface area contributed by atoms with E-state index in [1.807, 2.05) is 0 Å². The summed E-state index contributed by atoms with van der Waals surface area (Å²) in [7, 11) is 0. The van der Waals surface area contributed by atoms with Gasteiger partial charge in [-0.3, -0.25) is 15.0 Å². The lowest BCUT2D eigenvalue weighted by Crippen LogP contribution is -2.44. The van der Waals surface area contributed by atoms with Crippen LogP contribution in [-0.4, -0.2) is 36.7 Å². The van der Waals surface area contributed by atoms with Crippen molar-refractivity contribution in [1.29, 1.82) is 0 Å². The normalized spacial score (nSPS) is 18.3. The third-order valence-corrected chi connectivity index (χ3v) is 5.63. The summed E-state index contributed by atoms with van der Waals surface area (Å²) < 4.78 is 10.5. The van der Waals surface area contributed by atoms with Crippen molar-refractivity contribution in [1.82, 2.24) is 10.2 Å². The molecule has 3 heterocycles. The number of nitrogens with one attached hydrogen (secondary N) is 2. The highest BCUT2D eigenvalue weighted by atomic mass is 32.1.